The van der Waals surface area contributed by atoms with Crippen LogP contribution in [0.15, 0.2) is 42.5 Å². The van der Waals surface area contributed by atoms with E-state index in [0.717, 1.165) is 11.8 Å². The predicted molar refractivity (Wildman–Crippen MR) is 98.8 cm³/mol. The van der Waals surface area contributed by atoms with E-state index in [0.29, 0.717) is 22.0 Å². The van der Waals surface area contributed by atoms with Crippen molar-refractivity contribution in [3.8, 4) is 5.75 Å². The van der Waals surface area contributed by atoms with E-state index >= 15 is 0 Å². The number of sulfonamides is 1. The van der Waals surface area contributed by atoms with Crippen molar-refractivity contribution in [2.45, 2.75) is 13.0 Å². The van der Waals surface area contributed by atoms with E-state index in [9.17, 15) is 13.2 Å². The molecule has 0 radical (unpaired) electrons. The highest BCUT2D eigenvalue weighted by molar-refractivity contribution is 7.92. The van der Waals surface area contributed by atoms with Gasteiger partial charge in [0.2, 0.25) is 10.0 Å². The molecule has 25 heavy (non-hydrogen) atoms. The topological polar surface area (TPSA) is 84.5 Å². The lowest BCUT2D eigenvalue weighted by Crippen LogP contribution is -2.27. The summed E-state index contributed by atoms with van der Waals surface area (Å²) in [6, 6.07) is 11.3. The van der Waals surface area contributed by atoms with Crippen molar-refractivity contribution >= 4 is 33.2 Å². The zero-order valence-corrected chi connectivity index (χ0v) is 15.6. The molecule has 0 unspecified atom stereocenters. The fourth-order valence-corrected chi connectivity index (χ4v) is 3.03. The number of benzene rings is 2. The maximum absolute atomic E-state index is 12.5. The number of amides is 1. The Morgan fingerprint density at radius 2 is 1.92 bits per heavy atom. The molecule has 0 aromatic heterocycles. The van der Waals surface area contributed by atoms with Crippen molar-refractivity contribution in [2.24, 2.45) is 0 Å². The molecule has 0 spiro atoms. The third kappa shape index (κ3) is 5.37. The Kier molecular flexibility index (Phi) is 5.92. The Balaban J connectivity index is 2.19. The van der Waals surface area contributed by atoms with Crippen molar-refractivity contribution in [2.75, 3.05) is 18.1 Å². The highest BCUT2D eigenvalue weighted by Gasteiger charge is 2.16. The van der Waals surface area contributed by atoms with E-state index < -0.39 is 10.0 Å². The first-order valence-corrected chi connectivity index (χ1v) is 9.68. The van der Waals surface area contributed by atoms with Gasteiger partial charge >= 0.3 is 0 Å². The van der Waals surface area contributed by atoms with Crippen LogP contribution in [0.2, 0.25) is 5.02 Å². The van der Waals surface area contributed by atoms with Gasteiger partial charge in [0, 0.05) is 10.7 Å². The second-order valence-corrected chi connectivity index (χ2v) is 7.72. The first-order valence-electron chi connectivity index (χ1n) is 7.42. The lowest BCUT2D eigenvalue weighted by Gasteiger charge is -2.17. The zero-order valence-electron chi connectivity index (χ0n) is 14.0. The molecule has 134 valence electrons. The largest absolute Gasteiger partial charge is 0.496 e. The van der Waals surface area contributed by atoms with Gasteiger partial charge in [-0.05, 0) is 42.8 Å². The molecule has 0 saturated carbocycles. The average Bonchev–Trinajstić information content (AvgIpc) is 2.53. The lowest BCUT2D eigenvalue weighted by atomic mass is 10.1. The quantitative estimate of drug-likeness (QED) is 0.803. The van der Waals surface area contributed by atoms with Gasteiger partial charge < -0.3 is 10.1 Å². The fourth-order valence-electron chi connectivity index (χ4n) is 2.30. The van der Waals surface area contributed by atoms with E-state index in [4.69, 9.17) is 16.3 Å². The Labute approximate surface area is 152 Å². The molecule has 2 N–H and O–H groups in total. The van der Waals surface area contributed by atoms with E-state index in [1.54, 1.807) is 43.3 Å². The first-order chi connectivity index (χ1) is 11.7. The Bertz CT molecular complexity index is 884. The smallest absolute Gasteiger partial charge is 0.255 e. The number of nitrogens with one attached hydrogen (secondary N) is 2. The standard InChI is InChI=1S/C17H19ClN2O4S/c1-11(12-5-4-6-14(9-12)20-25(3,22)23)19-17(21)15-10-13(18)7-8-16(15)24-2/h4-11,20H,1-3H3,(H,19,21)/t11-/m0/s1. The molecule has 2 aromatic carbocycles. The third-order valence-corrected chi connectivity index (χ3v) is 4.29. The van der Waals surface area contributed by atoms with Crippen molar-refractivity contribution in [1.82, 2.24) is 5.32 Å². The van der Waals surface area contributed by atoms with E-state index in [-0.39, 0.29) is 11.9 Å². The van der Waals surface area contributed by atoms with Gasteiger partial charge in [-0.3, -0.25) is 9.52 Å². The Morgan fingerprint density at radius 1 is 1.20 bits per heavy atom. The second-order valence-electron chi connectivity index (χ2n) is 5.54. The number of ether oxygens (including phenoxy) is 1. The maximum Gasteiger partial charge on any atom is 0.255 e. The van der Waals surface area contributed by atoms with Crippen LogP contribution >= 0.6 is 11.6 Å². The molecule has 0 fully saturated rings. The first kappa shape index (κ1) is 19.1. The molecule has 8 heteroatoms. The van der Waals surface area contributed by atoms with Crippen LogP contribution in [0, 0.1) is 0 Å². The number of carbonyl (C=O) groups excluding carboxylic acids is 1. The number of carbonyl (C=O) groups is 1. The van der Waals surface area contributed by atoms with Crippen molar-refractivity contribution in [3.05, 3.63) is 58.6 Å². The van der Waals surface area contributed by atoms with Crippen LogP contribution in [0.1, 0.15) is 28.9 Å². The summed E-state index contributed by atoms with van der Waals surface area (Å²) in [6.07, 6.45) is 1.08. The van der Waals surface area contributed by atoms with Gasteiger partial charge in [0.05, 0.1) is 25.0 Å². The second kappa shape index (κ2) is 7.76. The summed E-state index contributed by atoms with van der Waals surface area (Å²) < 4.78 is 30.3. The maximum atomic E-state index is 12.5. The van der Waals surface area contributed by atoms with Crippen LogP contribution in [0.3, 0.4) is 0 Å². The molecule has 6 nitrogen and oxygen atoms in total. The van der Waals surface area contributed by atoms with Crippen LogP contribution in [0.25, 0.3) is 0 Å². The molecule has 0 saturated heterocycles. The zero-order chi connectivity index (χ0) is 18.6. The minimum Gasteiger partial charge on any atom is -0.496 e. The fraction of sp³-hybridized carbons (Fsp3) is 0.235. The summed E-state index contributed by atoms with van der Waals surface area (Å²) in [5.74, 6) is 0.0786. The summed E-state index contributed by atoms with van der Waals surface area (Å²) in [5.41, 5.74) is 1.51. The number of methoxy groups -OCH3 is 1. The number of anilines is 1. The highest BCUT2D eigenvalue weighted by atomic mass is 35.5. The Morgan fingerprint density at radius 3 is 2.56 bits per heavy atom. The molecular formula is C17H19ClN2O4S. The van der Waals surface area contributed by atoms with Gasteiger partial charge in [-0.15, -0.1) is 0 Å². The SMILES string of the molecule is COc1ccc(Cl)cc1C(=O)N[C@@H](C)c1cccc(NS(C)(=O)=O)c1. The van der Waals surface area contributed by atoms with Crippen LogP contribution in [-0.4, -0.2) is 27.7 Å². The van der Waals surface area contributed by atoms with Gasteiger partial charge in [-0.25, -0.2) is 8.42 Å². The number of hydrogen-bond acceptors (Lipinski definition) is 4. The average molecular weight is 383 g/mol. The van der Waals surface area contributed by atoms with Gasteiger partial charge in [0.25, 0.3) is 5.91 Å². The van der Waals surface area contributed by atoms with E-state index in [1.807, 2.05) is 0 Å². The number of rotatable bonds is 6. The van der Waals surface area contributed by atoms with E-state index in [2.05, 4.69) is 10.0 Å². The minimum atomic E-state index is -3.37. The molecule has 0 aliphatic carbocycles. The van der Waals surface area contributed by atoms with Crippen LogP contribution < -0.4 is 14.8 Å². The monoisotopic (exact) mass is 382 g/mol. The Hall–Kier alpha value is -2.25. The van der Waals surface area contributed by atoms with Crippen LogP contribution in [-0.2, 0) is 10.0 Å². The molecule has 2 rings (SSSR count). The predicted octanol–water partition coefficient (Wildman–Crippen LogP) is 3.21. The summed E-state index contributed by atoms with van der Waals surface area (Å²) in [6.45, 7) is 1.80. The van der Waals surface area contributed by atoms with Gasteiger partial charge in [-0.1, -0.05) is 23.7 Å². The number of halogens is 1. The molecule has 0 aliphatic rings. The lowest BCUT2D eigenvalue weighted by molar-refractivity contribution is 0.0937. The van der Waals surface area contributed by atoms with Crippen molar-refractivity contribution in [3.63, 3.8) is 0 Å². The highest BCUT2D eigenvalue weighted by Crippen LogP contribution is 2.24. The molecule has 0 heterocycles. The van der Waals surface area contributed by atoms with Crippen molar-refractivity contribution < 1.29 is 17.9 Å². The molecule has 1 atom stereocenters. The van der Waals surface area contributed by atoms with E-state index in [1.165, 1.54) is 13.2 Å². The van der Waals surface area contributed by atoms with Crippen molar-refractivity contribution in [1.29, 1.82) is 0 Å². The van der Waals surface area contributed by atoms with Gasteiger partial charge in [0.15, 0.2) is 0 Å². The summed E-state index contributed by atoms with van der Waals surface area (Å²) in [7, 11) is -1.89. The summed E-state index contributed by atoms with van der Waals surface area (Å²) in [4.78, 5) is 12.5. The molecule has 0 aliphatic heterocycles. The van der Waals surface area contributed by atoms with Gasteiger partial charge in [0.1, 0.15) is 5.75 Å². The summed E-state index contributed by atoms with van der Waals surface area (Å²) in [5, 5.41) is 3.28. The molecule has 1 amide bonds. The molecule has 0 bridgehead atoms. The van der Waals surface area contributed by atoms with Crippen LogP contribution in [0.5, 0.6) is 5.75 Å². The summed E-state index contributed by atoms with van der Waals surface area (Å²) >= 11 is 5.95. The number of hydrogen-bond donors (Lipinski definition) is 2. The molecular weight excluding hydrogens is 364 g/mol. The van der Waals surface area contributed by atoms with Gasteiger partial charge in [-0.2, -0.15) is 0 Å². The normalized spacial score (nSPS) is 12.3. The minimum absolute atomic E-state index is 0.326. The molecule has 2 aromatic rings. The third-order valence-electron chi connectivity index (χ3n) is 3.44. The van der Waals surface area contributed by atoms with Crippen LogP contribution in [0.4, 0.5) is 5.69 Å².